The van der Waals surface area contributed by atoms with Gasteiger partial charge in [0.1, 0.15) is 11.5 Å². The zero-order valence-corrected chi connectivity index (χ0v) is 12.7. The van der Waals surface area contributed by atoms with Crippen LogP contribution in [0.25, 0.3) is 22.5 Å². The molecule has 0 aliphatic rings. The Balaban J connectivity index is 2.27. The molecule has 0 bridgehead atoms. The standard InChI is InChI=1S/C15H12Cl2N4/c1-21-15(18)13(12-4-2-3-7-19-12)14(20-21)10-6-5-9(16)8-11(10)17/h2-8H,18H2,1H3. The first-order valence-electron chi connectivity index (χ1n) is 6.27. The van der Waals surface area contributed by atoms with Crippen LogP contribution in [0.15, 0.2) is 42.6 Å². The van der Waals surface area contributed by atoms with E-state index < -0.39 is 0 Å². The monoisotopic (exact) mass is 318 g/mol. The summed E-state index contributed by atoms with van der Waals surface area (Å²) in [6.45, 7) is 0. The summed E-state index contributed by atoms with van der Waals surface area (Å²) in [5.74, 6) is 0.537. The Morgan fingerprint density at radius 1 is 1.14 bits per heavy atom. The molecule has 0 saturated carbocycles. The van der Waals surface area contributed by atoms with Crippen molar-refractivity contribution in [1.29, 1.82) is 0 Å². The number of pyridine rings is 1. The molecule has 0 aliphatic carbocycles. The van der Waals surface area contributed by atoms with Gasteiger partial charge in [0.2, 0.25) is 0 Å². The molecule has 0 fully saturated rings. The number of rotatable bonds is 2. The zero-order valence-electron chi connectivity index (χ0n) is 11.2. The van der Waals surface area contributed by atoms with Crippen LogP contribution >= 0.6 is 23.2 Å². The molecule has 2 aromatic heterocycles. The highest BCUT2D eigenvalue weighted by molar-refractivity contribution is 6.36. The first-order chi connectivity index (χ1) is 10.1. The van der Waals surface area contributed by atoms with Crippen LogP contribution < -0.4 is 5.73 Å². The van der Waals surface area contributed by atoms with Gasteiger partial charge in [-0.2, -0.15) is 5.10 Å². The fraction of sp³-hybridized carbons (Fsp3) is 0.0667. The van der Waals surface area contributed by atoms with E-state index >= 15 is 0 Å². The van der Waals surface area contributed by atoms with Crippen molar-refractivity contribution in [3.05, 3.63) is 52.6 Å². The molecule has 0 spiro atoms. The van der Waals surface area contributed by atoms with Crippen molar-refractivity contribution in [3.63, 3.8) is 0 Å². The zero-order chi connectivity index (χ0) is 15.0. The van der Waals surface area contributed by atoms with E-state index in [1.165, 1.54) is 0 Å². The summed E-state index contributed by atoms with van der Waals surface area (Å²) in [6, 6.07) is 10.9. The molecule has 1 aromatic carbocycles. The van der Waals surface area contributed by atoms with Crippen molar-refractivity contribution in [2.45, 2.75) is 0 Å². The fourth-order valence-corrected chi connectivity index (χ4v) is 2.67. The molecule has 3 rings (SSSR count). The molecule has 0 saturated heterocycles. The Labute approximate surface area is 132 Å². The summed E-state index contributed by atoms with van der Waals surface area (Å²) < 4.78 is 1.62. The maximum absolute atomic E-state index is 6.29. The van der Waals surface area contributed by atoms with E-state index in [1.807, 2.05) is 24.3 Å². The third-order valence-electron chi connectivity index (χ3n) is 3.20. The number of halogens is 2. The van der Waals surface area contributed by atoms with Gasteiger partial charge in [-0.05, 0) is 30.3 Å². The summed E-state index contributed by atoms with van der Waals surface area (Å²) in [5, 5.41) is 5.57. The highest BCUT2D eigenvalue weighted by Gasteiger charge is 2.20. The van der Waals surface area contributed by atoms with Crippen molar-refractivity contribution < 1.29 is 0 Å². The van der Waals surface area contributed by atoms with Crippen LogP contribution in [0.5, 0.6) is 0 Å². The van der Waals surface area contributed by atoms with E-state index in [1.54, 1.807) is 30.1 Å². The smallest absolute Gasteiger partial charge is 0.131 e. The average Bonchev–Trinajstić information content (AvgIpc) is 2.75. The van der Waals surface area contributed by atoms with E-state index in [0.717, 1.165) is 16.8 Å². The first-order valence-corrected chi connectivity index (χ1v) is 7.03. The molecule has 106 valence electrons. The topological polar surface area (TPSA) is 56.7 Å². The van der Waals surface area contributed by atoms with Crippen LogP contribution in [0.3, 0.4) is 0 Å². The van der Waals surface area contributed by atoms with Gasteiger partial charge in [-0.3, -0.25) is 9.67 Å². The number of benzene rings is 1. The molecule has 3 aromatic rings. The minimum absolute atomic E-state index is 0.526. The Morgan fingerprint density at radius 3 is 2.62 bits per heavy atom. The van der Waals surface area contributed by atoms with Gasteiger partial charge < -0.3 is 5.73 Å². The van der Waals surface area contributed by atoms with Crippen molar-refractivity contribution in [2.75, 3.05) is 5.73 Å². The molecule has 6 heteroatoms. The summed E-state index contributed by atoms with van der Waals surface area (Å²) in [5.41, 5.74) is 9.13. The van der Waals surface area contributed by atoms with Crippen molar-refractivity contribution >= 4 is 29.0 Å². The molecule has 0 amide bonds. The number of aryl methyl sites for hydroxylation is 1. The number of nitrogen functional groups attached to an aromatic ring is 1. The quantitative estimate of drug-likeness (QED) is 0.775. The lowest BCUT2D eigenvalue weighted by molar-refractivity contribution is 0.782. The summed E-state index contributed by atoms with van der Waals surface area (Å²) >= 11 is 12.2. The Kier molecular flexibility index (Phi) is 3.57. The molecule has 0 radical (unpaired) electrons. The molecular weight excluding hydrogens is 307 g/mol. The lowest BCUT2D eigenvalue weighted by Gasteiger charge is -2.05. The van der Waals surface area contributed by atoms with E-state index in [4.69, 9.17) is 28.9 Å². The highest BCUT2D eigenvalue weighted by Crippen LogP contribution is 2.38. The molecule has 21 heavy (non-hydrogen) atoms. The second-order valence-electron chi connectivity index (χ2n) is 4.57. The molecule has 4 nitrogen and oxygen atoms in total. The summed E-state index contributed by atoms with van der Waals surface area (Å²) in [6.07, 6.45) is 1.72. The minimum atomic E-state index is 0.526. The molecular formula is C15H12Cl2N4. The van der Waals surface area contributed by atoms with Gasteiger partial charge in [0.05, 0.1) is 16.3 Å². The van der Waals surface area contributed by atoms with E-state index in [2.05, 4.69) is 10.1 Å². The predicted octanol–water partition coefficient (Wildman–Crippen LogP) is 4.04. The second-order valence-corrected chi connectivity index (χ2v) is 5.42. The average molecular weight is 319 g/mol. The number of nitrogens with two attached hydrogens (primary N) is 1. The van der Waals surface area contributed by atoms with Gasteiger partial charge in [0.25, 0.3) is 0 Å². The third kappa shape index (κ3) is 2.48. The van der Waals surface area contributed by atoms with Crippen LogP contribution in [-0.4, -0.2) is 14.8 Å². The van der Waals surface area contributed by atoms with E-state index in [9.17, 15) is 0 Å². The Morgan fingerprint density at radius 2 is 1.95 bits per heavy atom. The van der Waals surface area contributed by atoms with Crippen LogP contribution in [0.2, 0.25) is 10.0 Å². The molecule has 0 aliphatic heterocycles. The normalized spacial score (nSPS) is 10.8. The van der Waals surface area contributed by atoms with E-state index in [0.29, 0.717) is 21.6 Å². The number of anilines is 1. The Hall–Kier alpha value is -2.04. The second kappa shape index (κ2) is 5.39. The lowest BCUT2D eigenvalue weighted by Crippen LogP contribution is -1.98. The van der Waals surface area contributed by atoms with Gasteiger partial charge in [0.15, 0.2) is 0 Å². The van der Waals surface area contributed by atoms with Gasteiger partial charge in [-0.1, -0.05) is 29.3 Å². The van der Waals surface area contributed by atoms with E-state index in [-0.39, 0.29) is 0 Å². The van der Waals surface area contributed by atoms with Crippen molar-refractivity contribution in [3.8, 4) is 22.5 Å². The van der Waals surface area contributed by atoms with Crippen LogP contribution in [0.1, 0.15) is 0 Å². The number of nitrogens with zero attached hydrogens (tertiary/aromatic N) is 3. The summed E-state index contributed by atoms with van der Waals surface area (Å²) in [7, 11) is 1.79. The maximum atomic E-state index is 6.29. The number of hydrogen-bond acceptors (Lipinski definition) is 3. The minimum Gasteiger partial charge on any atom is -0.383 e. The fourth-order valence-electron chi connectivity index (χ4n) is 2.17. The molecule has 2 heterocycles. The van der Waals surface area contributed by atoms with Crippen molar-refractivity contribution in [2.24, 2.45) is 7.05 Å². The van der Waals surface area contributed by atoms with Crippen LogP contribution in [0.4, 0.5) is 5.82 Å². The largest absolute Gasteiger partial charge is 0.383 e. The predicted molar refractivity (Wildman–Crippen MR) is 86.3 cm³/mol. The number of hydrogen-bond donors (Lipinski definition) is 1. The van der Waals surface area contributed by atoms with Crippen LogP contribution in [0, 0.1) is 0 Å². The SMILES string of the molecule is Cn1nc(-c2ccc(Cl)cc2Cl)c(-c2ccccn2)c1N. The van der Waals surface area contributed by atoms with Gasteiger partial charge in [-0.25, -0.2) is 0 Å². The van der Waals surface area contributed by atoms with Gasteiger partial charge >= 0.3 is 0 Å². The van der Waals surface area contributed by atoms with Crippen molar-refractivity contribution in [1.82, 2.24) is 14.8 Å². The van der Waals surface area contributed by atoms with Gasteiger partial charge in [-0.15, -0.1) is 0 Å². The molecule has 2 N–H and O–H groups in total. The van der Waals surface area contributed by atoms with Crippen LogP contribution in [-0.2, 0) is 7.05 Å². The first kappa shape index (κ1) is 13.9. The molecule has 0 atom stereocenters. The number of aromatic nitrogens is 3. The lowest BCUT2D eigenvalue weighted by atomic mass is 10.0. The summed E-state index contributed by atoms with van der Waals surface area (Å²) in [4.78, 5) is 4.35. The molecule has 0 unspecified atom stereocenters. The van der Waals surface area contributed by atoms with Gasteiger partial charge in [0, 0.05) is 23.8 Å². The highest BCUT2D eigenvalue weighted by atomic mass is 35.5. The maximum Gasteiger partial charge on any atom is 0.131 e. The Bertz CT molecular complexity index is 797. The third-order valence-corrected chi connectivity index (χ3v) is 3.75.